The Kier molecular flexibility index (Phi) is 6.98. The van der Waals surface area contributed by atoms with E-state index in [4.69, 9.17) is 5.11 Å². The van der Waals surface area contributed by atoms with Crippen LogP contribution in [0.1, 0.15) is 33.1 Å². The van der Waals surface area contributed by atoms with E-state index in [0.717, 1.165) is 25.9 Å². The Morgan fingerprint density at radius 3 is 2.29 bits per heavy atom. The van der Waals surface area contributed by atoms with Crippen molar-refractivity contribution in [2.24, 2.45) is 11.8 Å². The van der Waals surface area contributed by atoms with Crippen LogP contribution in [0.5, 0.6) is 0 Å². The van der Waals surface area contributed by atoms with Crippen molar-refractivity contribution >= 4 is 17.9 Å². The number of carbonyl (C=O) groups excluding carboxylic acids is 2. The number of urea groups is 1. The summed E-state index contributed by atoms with van der Waals surface area (Å²) < 4.78 is 0. The van der Waals surface area contributed by atoms with E-state index >= 15 is 0 Å². The molecule has 3 N–H and O–H groups in total. The van der Waals surface area contributed by atoms with Crippen LogP contribution in [0, 0.1) is 11.8 Å². The minimum Gasteiger partial charge on any atom is -0.481 e. The van der Waals surface area contributed by atoms with Crippen molar-refractivity contribution in [2.45, 2.75) is 33.1 Å². The van der Waals surface area contributed by atoms with Crippen molar-refractivity contribution in [1.82, 2.24) is 15.5 Å². The van der Waals surface area contributed by atoms with Gasteiger partial charge in [-0.15, -0.1) is 0 Å². The Labute approximate surface area is 125 Å². The van der Waals surface area contributed by atoms with Gasteiger partial charge < -0.3 is 20.6 Å². The fourth-order valence-electron chi connectivity index (χ4n) is 2.28. The van der Waals surface area contributed by atoms with Gasteiger partial charge in [0.05, 0.1) is 5.92 Å². The first-order valence-electron chi connectivity index (χ1n) is 7.44. The summed E-state index contributed by atoms with van der Waals surface area (Å²) in [4.78, 5) is 36.1. The molecule has 0 aromatic rings. The van der Waals surface area contributed by atoms with Crippen molar-refractivity contribution in [2.75, 3.05) is 26.2 Å². The molecule has 7 nitrogen and oxygen atoms in total. The van der Waals surface area contributed by atoms with E-state index in [0.29, 0.717) is 0 Å². The van der Waals surface area contributed by atoms with E-state index in [9.17, 15) is 14.4 Å². The van der Waals surface area contributed by atoms with Crippen LogP contribution < -0.4 is 10.6 Å². The van der Waals surface area contributed by atoms with Crippen molar-refractivity contribution in [1.29, 1.82) is 0 Å². The number of nitrogens with zero attached hydrogens (tertiary/aromatic N) is 1. The minimum atomic E-state index is -0.922. The molecule has 1 unspecified atom stereocenters. The Balaban J connectivity index is 2.18. The number of hydrogen-bond donors (Lipinski definition) is 3. The highest BCUT2D eigenvalue weighted by molar-refractivity contribution is 5.79. The number of amides is 3. The number of nitrogens with one attached hydrogen (secondary N) is 2. The molecule has 1 rings (SSSR count). The van der Waals surface area contributed by atoms with Gasteiger partial charge >= 0.3 is 12.0 Å². The average molecular weight is 299 g/mol. The Morgan fingerprint density at radius 2 is 1.76 bits per heavy atom. The highest BCUT2D eigenvalue weighted by atomic mass is 16.4. The van der Waals surface area contributed by atoms with E-state index in [1.807, 2.05) is 0 Å². The van der Waals surface area contributed by atoms with Crippen molar-refractivity contribution in [3.05, 3.63) is 0 Å². The van der Waals surface area contributed by atoms with Crippen molar-refractivity contribution in [3.8, 4) is 0 Å². The molecule has 0 bridgehead atoms. The maximum Gasteiger partial charge on any atom is 0.314 e. The normalized spacial score (nSPS) is 15.9. The number of carboxylic acids is 1. The van der Waals surface area contributed by atoms with Gasteiger partial charge in [-0.2, -0.15) is 0 Å². The maximum atomic E-state index is 11.7. The highest BCUT2D eigenvalue weighted by Crippen LogP contribution is 2.10. The lowest BCUT2D eigenvalue weighted by atomic mass is 9.96. The second-order valence-electron chi connectivity index (χ2n) is 5.66. The largest absolute Gasteiger partial charge is 0.481 e. The second-order valence-corrected chi connectivity index (χ2v) is 5.66. The summed E-state index contributed by atoms with van der Waals surface area (Å²) in [5, 5.41) is 14.1. The Hall–Kier alpha value is -1.79. The van der Waals surface area contributed by atoms with Crippen LogP contribution in [0.3, 0.4) is 0 Å². The molecule has 1 aliphatic heterocycles. The maximum absolute atomic E-state index is 11.7. The monoisotopic (exact) mass is 299 g/mol. The van der Waals surface area contributed by atoms with E-state index in [1.54, 1.807) is 18.7 Å². The molecule has 0 spiro atoms. The van der Waals surface area contributed by atoms with E-state index in [-0.39, 0.29) is 31.3 Å². The third-order valence-corrected chi connectivity index (χ3v) is 3.69. The fraction of sp³-hybridized carbons (Fsp3) is 0.786. The zero-order chi connectivity index (χ0) is 15.8. The molecule has 1 aliphatic rings. The summed E-state index contributed by atoms with van der Waals surface area (Å²) in [5.74, 6) is -1.53. The lowest BCUT2D eigenvalue weighted by molar-refractivity contribution is -0.143. The molecule has 0 aliphatic carbocycles. The molecule has 120 valence electrons. The lowest BCUT2D eigenvalue weighted by Crippen LogP contribution is -2.42. The quantitative estimate of drug-likeness (QED) is 0.643. The third kappa shape index (κ3) is 6.01. The van der Waals surface area contributed by atoms with Gasteiger partial charge in [0.15, 0.2) is 0 Å². The average Bonchev–Trinajstić information content (AvgIpc) is 2.91. The minimum absolute atomic E-state index is 0.0541. The van der Waals surface area contributed by atoms with Crippen molar-refractivity contribution < 1.29 is 19.5 Å². The summed E-state index contributed by atoms with van der Waals surface area (Å²) in [7, 11) is 0. The van der Waals surface area contributed by atoms with Gasteiger partial charge in [-0.25, -0.2) is 4.79 Å². The zero-order valence-electron chi connectivity index (χ0n) is 12.7. The molecule has 1 atom stereocenters. The predicted octanol–water partition coefficient (Wildman–Crippen LogP) is 0.655. The number of carboxylic acid groups (broad SMARTS) is 1. The standard InChI is InChI=1S/C14H25N3O4/c1-10(2)11(13(19)20)9-16-14(21)15-6-5-12(18)17-7-3-4-8-17/h10-11H,3-9H2,1-2H3,(H,19,20)(H2,15,16,21). The molecule has 0 radical (unpaired) electrons. The van der Waals surface area contributed by atoms with Crippen LogP contribution in [-0.4, -0.2) is 54.1 Å². The summed E-state index contributed by atoms with van der Waals surface area (Å²) in [6.07, 6.45) is 2.37. The molecular weight excluding hydrogens is 274 g/mol. The van der Waals surface area contributed by atoms with Gasteiger partial charge in [-0.1, -0.05) is 13.8 Å². The first-order chi connectivity index (χ1) is 9.91. The number of rotatable bonds is 7. The molecule has 0 aromatic carbocycles. The van der Waals surface area contributed by atoms with Gasteiger partial charge in [-0.05, 0) is 18.8 Å². The molecule has 0 saturated carbocycles. The number of hydrogen-bond acceptors (Lipinski definition) is 3. The molecule has 7 heteroatoms. The van der Waals surface area contributed by atoms with Gasteiger partial charge in [0, 0.05) is 32.6 Å². The summed E-state index contributed by atoms with van der Waals surface area (Å²) >= 11 is 0. The van der Waals surface area contributed by atoms with Crippen LogP contribution in [0.4, 0.5) is 4.79 Å². The van der Waals surface area contributed by atoms with Crippen LogP contribution >= 0.6 is 0 Å². The van der Waals surface area contributed by atoms with Crippen LogP contribution in [0.15, 0.2) is 0 Å². The molecule has 3 amide bonds. The predicted molar refractivity (Wildman–Crippen MR) is 77.8 cm³/mol. The van der Waals surface area contributed by atoms with Crippen LogP contribution in [0.2, 0.25) is 0 Å². The molecule has 21 heavy (non-hydrogen) atoms. The highest BCUT2D eigenvalue weighted by Gasteiger charge is 2.22. The fourth-order valence-corrected chi connectivity index (χ4v) is 2.28. The number of likely N-dealkylation sites (tertiary alicyclic amines) is 1. The zero-order valence-corrected chi connectivity index (χ0v) is 12.7. The van der Waals surface area contributed by atoms with Crippen LogP contribution in [-0.2, 0) is 9.59 Å². The Bertz CT molecular complexity index is 378. The molecule has 0 aromatic heterocycles. The van der Waals surface area contributed by atoms with Gasteiger partial charge in [0.25, 0.3) is 0 Å². The summed E-state index contributed by atoms with van der Waals surface area (Å²) in [5.41, 5.74) is 0. The molecule has 1 heterocycles. The van der Waals surface area contributed by atoms with Gasteiger partial charge in [-0.3, -0.25) is 9.59 Å². The number of aliphatic carboxylic acids is 1. The topological polar surface area (TPSA) is 98.7 Å². The molecule has 1 fully saturated rings. The first-order valence-corrected chi connectivity index (χ1v) is 7.44. The van der Waals surface area contributed by atoms with E-state index < -0.39 is 17.9 Å². The van der Waals surface area contributed by atoms with Crippen molar-refractivity contribution in [3.63, 3.8) is 0 Å². The molecular formula is C14H25N3O4. The van der Waals surface area contributed by atoms with E-state index in [2.05, 4.69) is 10.6 Å². The first kappa shape index (κ1) is 17.3. The lowest BCUT2D eigenvalue weighted by Gasteiger charge is -2.17. The van der Waals surface area contributed by atoms with Gasteiger partial charge in [0.2, 0.25) is 5.91 Å². The smallest absolute Gasteiger partial charge is 0.314 e. The summed E-state index contributed by atoms with van der Waals surface area (Å²) in [6, 6.07) is -0.434. The third-order valence-electron chi connectivity index (χ3n) is 3.69. The van der Waals surface area contributed by atoms with E-state index in [1.165, 1.54) is 0 Å². The van der Waals surface area contributed by atoms with Gasteiger partial charge in [0.1, 0.15) is 0 Å². The number of carbonyl (C=O) groups is 3. The second kappa shape index (κ2) is 8.49. The SMILES string of the molecule is CC(C)C(CNC(=O)NCCC(=O)N1CCCC1)C(=O)O. The van der Waals surface area contributed by atoms with Crippen LogP contribution in [0.25, 0.3) is 0 Å². The summed E-state index contributed by atoms with van der Waals surface area (Å²) in [6.45, 7) is 5.55. The molecule has 1 saturated heterocycles. The Morgan fingerprint density at radius 1 is 1.14 bits per heavy atom.